The number of urea groups is 1. The van der Waals surface area contributed by atoms with Crippen LogP contribution in [0.3, 0.4) is 0 Å². The Balaban J connectivity index is 4.12. The number of nitrogens with one attached hydrogen (secondary N) is 2. The number of carbonyl (C=O) groups is 2. The van der Waals surface area contributed by atoms with E-state index in [-0.39, 0.29) is 25.3 Å². The average Bonchev–Trinajstić information content (AvgIpc) is 2.35. The largest absolute Gasteiger partial charge is 0.481 e. The molecule has 0 aliphatic heterocycles. The number of sulfonamides is 1. The standard InChI is InChI=1S/C11H23N3O5S/c1-3-11(4-2,9(15)16)8-14-10(17)13-6-5-7-20(12,18)19/h3-8H2,1-2H3,(H,15,16)(H2,12,18,19)(H2,13,14,17). The van der Waals surface area contributed by atoms with E-state index in [1.54, 1.807) is 13.8 Å². The van der Waals surface area contributed by atoms with Crippen LogP contribution >= 0.6 is 0 Å². The lowest BCUT2D eigenvalue weighted by molar-refractivity contribution is -0.149. The Morgan fingerprint density at radius 2 is 1.75 bits per heavy atom. The number of rotatable bonds is 9. The Labute approximate surface area is 119 Å². The number of nitrogens with two attached hydrogens (primary N) is 1. The van der Waals surface area contributed by atoms with E-state index in [4.69, 9.17) is 5.14 Å². The molecule has 0 rings (SSSR count). The smallest absolute Gasteiger partial charge is 0.314 e. The zero-order valence-electron chi connectivity index (χ0n) is 11.8. The van der Waals surface area contributed by atoms with E-state index < -0.39 is 27.4 Å². The van der Waals surface area contributed by atoms with Gasteiger partial charge in [-0.25, -0.2) is 18.4 Å². The molecular weight excluding hydrogens is 286 g/mol. The van der Waals surface area contributed by atoms with Crippen LogP contribution in [-0.4, -0.2) is 44.4 Å². The summed E-state index contributed by atoms with van der Waals surface area (Å²) in [7, 11) is -3.53. The highest BCUT2D eigenvalue weighted by Gasteiger charge is 2.35. The van der Waals surface area contributed by atoms with Gasteiger partial charge in [0.15, 0.2) is 0 Å². The third-order valence-electron chi connectivity index (χ3n) is 3.29. The van der Waals surface area contributed by atoms with Crippen LogP contribution in [0.25, 0.3) is 0 Å². The SMILES string of the molecule is CCC(CC)(CNC(=O)NCCCS(N)(=O)=O)C(=O)O. The van der Waals surface area contributed by atoms with Crippen LogP contribution in [0.4, 0.5) is 4.79 Å². The molecule has 0 bridgehead atoms. The van der Waals surface area contributed by atoms with Gasteiger partial charge in [-0.2, -0.15) is 0 Å². The zero-order chi connectivity index (χ0) is 15.8. The van der Waals surface area contributed by atoms with Gasteiger partial charge < -0.3 is 15.7 Å². The number of carbonyl (C=O) groups excluding carboxylic acids is 1. The van der Waals surface area contributed by atoms with Crippen LogP contribution in [0.15, 0.2) is 0 Å². The Kier molecular flexibility index (Phi) is 7.51. The minimum Gasteiger partial charge on any atom is -0.481 e. The van der Waals surface area contributed by atoms with Gasteiger partial charge >= 0.3 is 12.0 Å². The van der Waals surface area contributed by atoms with Crippen LogP contribution in [0, 0.1) is 5.41 Å². The Morgan fingerprint density at radius 1 is 1.20 bits per heavy atom. The van der Waals surface area contributed by atoms with E-state index in [1.807, 2.05) is 0 Å². The van der Waals surface area contributed by atoms with E-state index in [1.165, 1.54) is 0 Å². The highest BCUT2D eigenvalue weighted by atomic mass is 32.2. The zero-order valence-corrected chi connectivity index (χ0v) is 12.6. The average molecular weight is 309 g/mol. The molecule has 2 amide bonds. The van der Waals surface area contributed by atoms with Gasteiger partial charge in [0.1, 0.15) is 0 Å². The van der Waals surface area contributed by atoms with E-state index >= 15 is 0 Å². The second-order valence-electron chi connectivity index (χ2n) is 4.62. The normalized spacial score (nSPS) is 11.9. The van der Waals surface area contributed by atoms with E-state index in [0.717, 1.165) is 0 Å². The first kappa shape index (κ1) is 18.7. The van der Waals surface area contributed by atoms with Crippen LogP contribution in [0.2, 0.25) is 0 Å². The third kappa shape index (κ3) is 6.71. The van der Waals surface area contributed by atoms with Crippen molar-refractivity contribution in [2.24, 2.45) is 10.6 Å². The summed E-state index contributed by atoms with van der Waals surface area (Å²) >= 11 is 0. The third-order valence-corrected chi connectivity index (χ3v) is 4.14. The van der Waals surface area contributed by atoms with Crippen molar-refractivity contribution < 1.29 is 23.1 Å². The minimum absolute atomic E-state index is 0.0242. The molecule has 0 aliphatic rings. The molecule has 0 aromatic heterocycles. The predicted octanol–water partition coefficient (Wildman–Crippen LogP) is -0.145. The molecular formula is C11H23N3O5S. The van der Waals surface area contributed by atoms with E-state index in [9.17, 15) is 23.1 Å². The van der Waals surface area contributed by atoms with Gasteiger partial charge in [0.2, 0.25) is 10.0 Å². The van der Waals surface area contributed by atoms with Crippen LogP contribution < -0.4 is 15.8 Å². The summed E-state index contributed by atoms with van der Waals surface area (Å²) in [5.74, 6) is -1.16. The molecule has 0 aliphatic carbocycles. The maximum absolute atomic E-state index is 11.5. The van der Waals surface area contributed by atoms with Crippen molar-refractivity contribution in [3.63, 3.8) is 0 Å². The van der Waals surface area contributed by atoms with Crippen molar-refractivity contribution in [2.75, 3.05) is 18.8 Å². The maximum Gasteiger partial charge on any atom is 0.314 e. The van der Waals surface area contributed by atoms with Crippen molar-refractivity contribution >= 4 is 22.0 Å². The number of hydrogen-bond donors (Lipinski definition) is 4. The van der Waals surface area contributed by atoms with Crippen molar-refractivity contribution in [1.82, 2.24) is 10.6 Å². The fourth-order valence-corrected chi connectivity index (χ4v) is 2.21. The molecule has 20 heavy (non-hydrogen) atoms. The molecule has 9 heteroatoms. The molecule has 0 saturated heterocycles. The molecule has 0 radical (unpaired) electrons. The molecule has 0 aromatic rings. The first-order valence-corrected chi connectivity index (χ1v) is 8.14. The van der Waals surface area contributed by atoms with Gasteiger partial charge in [-0.1, -0.05) is 13.8 Å². The van der Waals surface area contributed by atoms with Gasteiger partial charge in [0, 0.05) is 13.1 Å². The molecule has 5 N–H and O–H groups in total. The van der Waals surface area contributed by atoms with E-state index in [2.05, 4.69) is 10.6 Å². The first-order valence-electron chi connectivity index (χ1n) is 6.42. The monoisotopic (exact) mass is 309 g/mol. The molecule has 0 saturated carbocycles. The molecule has 0 unspecified atom stereocenters. The second kappa shape index (κ2) is 8.05. The van der Waals surface area contributed by atoms with Gasteiger partial charge in [0.25, 0.3) is 0 Å². The lowest BCUT2D eigenvalue weighted by atomic mass is 9.82. The molecule has 8 nitrogen and oxygen atoms in total. The van der Waals surface area contributed by atoms with Crippen LogP contribution in [0.5, 0.6) is 0 Å². The summed E-state index contributed by atoms with van der Waals surface area (Å²) in [5.41, 5.74) is -0.974. The Morgan fingerprint density at radius 3 is 2.15 bits per heavy atom. The Bertz CT molecular complexity index is 431. The van der Waals surface area contributed by atoms with Crippen LogP contribution in [-0.2, 0) is 14.8 Å². The topological polar surface area (TPSA) is 139 Å². The number of amides is 2. The maximum atomic E-state index is 11.5. The Hall–Kier alpha value is -1.35. The van der Waals surface area contributed by atoms with Gasteiger partial charge in [-0.15, -0.1) is 0 Å². The van der Waals surface area contributed by atoms with Crippen molar-refractivity contribution in [3.8, 4) is 0 Å². The van der Waals surface area contributed by atoms with Gasteiger partial charge in [-0.3, -0.25) is 4.79 Å². The number of aliphatic carboxylic acids is 1. The molecule has 0 atom stereocenters. The quantitative estimate of drug-likeness (QED) is 0.439. The lowest BCUT2D eigenvalue weighted by Crippen LogP contribution is -2.46. The molecule has 0 fully saturated rings. The summed E-state index contributed by atoms with van der Waals surface area (Å²) in [5, 5.41) is 18.9. The molecule has 0 heterocycles. The highest BCUT2D eigenvalue weighted by Crippen LogP contribution is 2.25. The molecule has 0 spiro atoms. The minimum atomic E-state index is -3.53. The number of carboxylic acids is 1. The number of hydrogen-bond acceptors (Lipinski definition) is 4. The number of carboxylic acid groups (broad SMARTS) is 1. The summed E-state index contributed by atoms with van der Waals surface area (Å²) in [6, 6.07) is -0.521. The van der Waals surface area contributed by atoms with Crippen molar-refractivity contribution in [2.45, 2.75) is 33.1 Å². The number of primary sulfonamides is 1. The highest BCUT2D eigenvalue weighted by molar-refractivity contribution is 7.89. The van der Waals surface area contributed by atoms with Crippen LogP contribution in [0.1, 0.15) is 33.1 Å². The van der Waals surface area contributed by atoms with Crippen molar-refractivity contribution in [1.29, 1.82) is 0 Å². The molecule has 118 valence electrons. The second-order valence-corrected chi connectivity index (χ2v) is 6.36. The van der Waals surface area contributed by atoms with Crippen molar-refractivity contribution in [3.05, 3.63) is 0 Å². The lowest BCUT2D eigenvalue weighted by Gasteiger charge is -2.26. The fourth-order valence-electron chi connectivity index (χ4n) is 1.67. The fraction of sp³-hybridized carbons (Fsp3) is 0.818. The summed E-state index contributed by atoms with van der Waals surface area (Å²) in [4.78, 5) is 22.7. The van der Waals surface area contributed by atoms with Gasteiger partial charge in [0.05, 0.1) is 11.2 Å². The predicted molar refractivity (Wildman–Crippen MR) is 74.6 cm³/mol. The first-order chi connectivity index (χ1) is 9.17. The van der Waals surface area contributed by atoms with E-state index in [0.29, 0.717) is 12.8 Å². The summed E-state index contributed by atoms with van der Waals surface area (Å²) in [6.07, 6.45) is 1.02. The summed E-state index contributed by atoms with van der Waals surface area (Å²) in [6.45, 7) is 3.68. The molecule has 0 aromatic carbocycles. The summed E-state index contributed by atoms with van der Waals surface area (Å²) < 4.78 is 21.3. The van der Waals surface area contributed by atoms with Gasteiger partial charge in [-0.05, 0) is 19.3 Å².